The average molecular weight is 1030 g/mol. The van der Waals surface area contributed by atoms with E-state index in [1.807, 2.05) is 21.1 Å². The van der Waals surface area contributed by atoms with Gasteiger partial charge in [0.1, 0.15) is 19.8 Å². The SMILES string of the molecule is CC/C=C\C/C=C\C/C=C\C/C=C\C/C=C\CCCCCCCCCCCC(=O)OC(COC(=O)CCCCCCCCCCCCCCCCCCCCCCCCC)COP(=O)([O-])OCC[N+](C)(C)C. The number of likely N-dealkylation sites (N-methyl/N-ethyl adjacent to an activating group) is 1. The van der Waals surface area contributed by atoms with Crippen LogP contribution in [0.2, 0.25) is 0 Å². The molecule has 0 saturated carbocycles. The first-order valence-corrected chi connectivity index (χ1v) is 31.5. The van der Waals surface area contributed by atoms with Gasteiger partial charge in [0.05, 0.1) is 27.7 Å². The second-order valence-electron chi connectivity index (χ2n) is 21.3. The first-order valence-electron chi connectivity index (χ1n) is 30.0. The normalized spacial score (nSPS) is 13.7. The molecule has 0 aliphatic carbocycles. The fourth-order valence-corrected chi connectivity index (χ4v) is 9.18. The van der Waals surface area contributed by atoms with Gasteiger partial charge in [-0.3, -0.25) is 14.2 Å². The van der Waals surface area contributed by atoms with E-state index in [2.05, 4.69) is 74.6 Å². The van der Waals surface area contributed by atoms with Crippen LogP contribution in [0.1, 0.15) is 271 Å². The number of allylic oxidation sites excluding steroid dienone is 10. The number of nitrogens with zero attached hydrogens (tertiary/aromatic N) is 1. The number of esters is 2. The number of rotatable bonds is 55. The van der Waals surface area contributed by atoms with Gasteiger partial charge in [-0.1, -0.05) is 261 Å². The molecule has 0 aromatic heterocycles. The average Bonchev–Trinajstić information content (AvgIpc) is 3.34. The Kier molecular flexibility index (Phi) is 51.8. The maximum Gasteiger partial charge on any atom is 0.306 e. The third-order valence-corrected chi connectivity index (χ3v) is 14.0. The van der Waals surface area contributed by atoms with Gasteiger partial charge in [0.25, 0.3) is 7.82 Å². The molecule has 0 N–H and O–H groups in total. The number of ether oxygens (including phenoxy) is 2. The predicted octanol–water partition coefficient (Wildman–Crippen LogP) is 18.1. The quantitative estimate of drug-likeness (QED) is 0.0195. The molecule has 0 aliphatic heterocycles. The molecule has 2 unspecified atom stereocenters. The summed E-state index contributed by atoms with van der Waals surface area (Å²) in [6.45, 7) is 4.16. The highest BCUT2D eigenvalue weighted by atomic mass is 31.2. The van der Waals surface area contributed by atoms with E-state index in [0.29, 0.717) is 17.4 Å². The second kappa shape index (κ2) is 53.5. The van der Waals surface area contributed by atoms with Gasteiger partial charge in [-0.2, -0.15) is 0 Å². The number of phosphoric acid groups is 1. The van der Waals surface area contributed by atoms with Crippen LogP contribution in [0.4, 0.5) is 0 Å². The lowest BCUT2D eigenvalue weighted by Crippen LogP contribution is -2.37. The molecule has 0 aromatic rings. The summed E-state index contributed by atoms with van der Waals surface area (Å²) in [7, 11) is 1.17. The van der Waals surface area contributed by atoms with Crippen molar-refractivity contribution in [3.8, 4) is 0 Å². The molecular formula is C62H114NO8P. The van der Waals surface area contributed by atoms with E-state index >= 15 is 0 Å². The summed E-state index contributed by atoms with van der Waals surface area (Å²) in [5, 5.41) is 0. The van der Waals surface area contributed by atoms with Crippen LogP contribution in [0.3, 0.4) is 0 Å². The van der Waals surface area contributed by atoms with Crippen molar-refractivity contribution < 1.29 is 42.1 Å². The molecule has 0 aromatic carbocycles. The van der Waals surface area contributed by atoms with Gasteiger partial charge >= 0.3 is 11.9 Å². The summed E-state index contributed by atoms with van der Waals surface area (Å²) in [4.78, 5) is 37.9. The summed E-state index contributed by atoms with van der Waals surface area (Å²) in [5.74, 6) is -0.831. The van der Waals surface area contributed by atoms with Gasteiger partial charge in [0.15, 0.2) is 6.10 Å². The zero-order valence-corrected chi connectivity index (χ0v) is 48.5. The minimum Gasteiger partial charge on any atom is -0.756 e. The monoisotopic (exact) mass is 1030 g/mol. The lowest BCUT2D eigenvalue weighted by atomic mass is 10.0. The third kappa shape index (κ3) is 57.0. The van der Waals surface area contributed by atoms with Crippen molar-refractivity contribution in [2.24, 2.45) is 0 Å². The zero-order chi connectivity index (χ0) is 52.7. The van der Waals surface area contributed by atoms with Crippen LogP contribution < -0.4 is 4.89 Å². The number of phosphoric ester groups is 1. The molecule has 72 heavy (non-hydrogen) atoms. The number of carbonyl (C=O) groups excluding carboxylic acids is 2. The van der Waals surface area contributed by atoms with E-state index in [0.717, 1.165) is 77.0 Å². The van der Waals surface area contributed by atoms with Crippen molar-refractivity contribution in [1.82, 2.24) is 0 Å². The van der Waals surface area contributed by atoms with E-state index in [9.17, 15) is 19.0 Å². The van der Waals surface area contributed by atoms with Gasteiger partial charge in [-0.15, -0.1) is 0 Å². The Balaban J connectivity index is 4.15. The van der Waals surface area contributed by atoms with Crippen molar-refractivity contribution in [3.05, 3.63) is 60.8 Å². The Bertz CT molecular complexity index is 1400. The lowest BCUT2D eigenvalue weighted by Gasteiger charge is -2.28. The third-order valence-electron chi connectivity index (χ3n) is 13.1. The highest BCUT2D eigenvalue weighted by molar-refractivity contribution is 7.45. The summed E-state index contributed by atoms with van der Waals surface area (Å²) < 4.78 is 34.2. The fraction of sp³-hybridized carbons (Fsp3) is 0.806. The first kappa shape index (κ1) is 69.7. The molecule has 9 nitrogen and oxygen atoms in total. The number of unbranched alkanes of at least 4 members (excludes halogenated alkanes) is 31. The molecule has 0 saturated heterocycles. The van der Waals surface area contributed by atoms with Crippen molar-refractivity contribution in [1.29, 1.82) is 0 Å². The minimum absolute atomic E-state index is 0.0326. The standard InChI is InChI=1S/C62H114NO8P/c1-6-8-10-12-14-16-18-20-22-24-26-28-30-31-33-35-37-39-41-43-45-47-49-51-53-55-62(65)71-60(59-70-72(66,67)69-57-56-63(3,4)5)58-68-61(64)54-52-50-48-46-44-42-40-38-36-34-32-29-27-25-23-21-19-17-15-13-11-9-7-2/h8,10,14,16,20,22,26,28,31,33,60H,6-7,9,11-13,15,17-19,21,23-25,27,29-30,32,34-59H2,1-5H3/b10-8-,16-14-,22-20-,28-26-,33-31-. The molecule has 2 atom stereocenters. The van der Waals surface area contributed by atoms with E-state index < -0.39 is 26.5 Å². The number of hydrogen-bond acceptors (Lipinski definition) is 8. The van der Waals surface area contributed by atoms with E-state index in [-0.39, 0.29) is 32.0 Å². The minimum atomic E-state index is -4.64. The van der Waals surface area contributed by atoms with Crippen LogP contribution in [0.25, 0.3) is 0 Å². The highest BCUT2D eigenvalue weighted by Crippen LogP contribution is 2.38. The maximum atomic E-state index is 12.8. The van der Waals surface area contributed by atoms with Crippen LogP contribution in [-0.2, 0) is 32.7 Å². The largest absolute Gasteiger partial charge is 0.756 e. The van der Waals surface area contributed by atoms with E-state index in [1.165, 1.54) is 161 Å². The molecule has 0 aliphatic rings. The summed E-state index contributed by atoms with van der Waals surface area (Å²) in [6.07, 6.45) is 68.4. The predicted molar refractivity (Wildman–Crippen MR) is 305 cm³/mol. The van der Waals surface area contributed by atoms with Gasteiger partial charge in [-0.05, 0) is 57.8 Å². The van der Waals surface area contributed by atoms with Crippen LogP contribution >= 0.6 is 7.82 Å². The second-order valence-corrected chi connectivity index (χ2v) is 22.8. The Labute approximate surface area is 445 Å². The van der Waals surface area contributed by atoms with Crippen LogP contribution in [0.5, 0.6) is 0 Å². The number of hydrogen-bond donors (Lipinski definition) is 0. The van der Waals surface area contributed by atoms with Crippen molar-refractivity contribution in [2.75, 3.05) is 47.5 Å². The van der Waals surface area contributed by atoms with Gasteiger partial charge in [0.2, 0.25) is 0 Å². The summed E-state index contributed by atoms with van der Waals surface area (Å²) in [6, 6.07) is 0. The van der Waals surface area contributed by atoms with E-state index in [4.69, 9.17) is 18.5 Å². The molecule has 420 valence electrons. The Morgan fingerprint density at radius 1 is 0.444 bits per heavy atom. The molecule has 0 radical (unpaired) electrons. The molecule has 0 bridgehead atoms. The lowest BCUT2D eigenvalue weighted by molar-refractivity contribution is -0.870. The van der Waals surface area contributed by atoms with Crippen LogP contribution in [0.15, 0.2) is 60.8 Å². The molecule has 0 amide bonds. The molecule has 0 rings (SSSR count). The van der Waals surface area contributed by atoms with Gasteiger partial charge < -0.3 is 27.9 Å². The molecular weight excluding hydrogens is 918 g/mol. The number of quaternary nitrogens is 1. The topological polar surface area (TPSA) is 111 Å². The highest BCUT2D eigenvalue weighted by Gasteiger charge is 2.22. The van der Waals surface area contributed by atoms with Crippen LogP contribution in [0, 0.1) is 0 Å². The van der Waals surface area contributed by atoms with Crippen molar-refractivity contribution in [3.63, 3.8) is 0 Å². The first-order chi connectivity index (χ1) is 35.0. The molecule has 10 heteroatoms. The summed E-state index contributed by atoms with van der Waals surface area (Å²) in [5.41, 5.74) is 0. The zero-order valence-electron chi connectivity index (χ0n) is 47.6. The van der Waals surface area contributed by atoms with Crippen LogP contribution in [-0.4, -0.2) is 70.0 Å². The van der Waals surface area contributed by atoms with Crippen molar-refractivity contribution in [2.45, 2.75) is 277 Å². The molecule has 0 spiro atoms. The Morgan fingerprint density at radius 2 is 0.792 bits per heavy atom. The molecule has 0 fully saturated rings. The maximum absolute atomic E-state index is 12.8. The van der Waals surface area contributed by atoms with E-state index in [1.54, 1.807) is 0 Å². The van der Waals surface area contributed by atoms with Gasteiger partial charge in [-0.25, -0.2) is 0 Å². The summed E-state index contributed by atoms with van der Waals surface area (Å²) >= 11 is 0. The Morgan fingerprint density at radius 3 is 1.18 bits per heavy atom. The molecule has 0 heterocycles. The van der Waals surface area contributed by atoms with Crippen molar-refractivity contribution >= 4 is 19.8 Å². The Hall–Kier alpha value is -2.29. The number of carbonyl (C=O) groups is 2. The van der Waals surface area contributed by atoms with Gasteiger partial charge in [0, 0.05) is 12.8 Å². The fourth-order valence-electron chi connectivity index (χ4n) is 8.45. The smallest absolute Gasteiger partial charge is 0.306 e.